The molecule has 0 heterocycles. The zero-order valence-electron chi connectivity index (χ0n) is 16.5. The Bertz CT molecular complexity index is 665. The van der Waals surface area contributed by atoms with Crippen LogP contribution < -0.4 is 0 Å². The lowest BCUT2D eigenvalue weighted by atomic mass is 10.2. The highest BCUT2D eigenvalue weighted by atomic mass is 16.5. The Kier molecular flexibility index (Phi) is 16.2. The summed E-state index contributed by atoms with van der Waals surface area (Å²) >= 11 is 0. The first kappa shape index (κ1) is 25.4. The Balaban J connectivity index is 4.11. The highest BCUT2D eigenvalue weighted by molar-refractivity contribution is 5.69. The Morgan fingerprint density at radius 3 is 2.54 bits per heavy atom. The minimum Gasteiger partial charge on any atom is -0.469 e. The van der Waals surface area contributed by atoms with Gasteiger partial charge in [-0.05, 0) is 37.5 Å². The minimum atomic E-state index is -0.886. The number of rotatable bonds is 10. The third-order valence-corrected chi connectivity index (χ3v) is 3.32. The second-order valence-corrected chi connectivity index (χ2v) is 5.80. The molecular formula is C23H30O5. The summed E-state index contributed by atoms with van der Waals surface area (Å²) in [6.45, 7) is 2.04. The highest BCUT2D eigenvalue weighted by Crippen LogP contribution is 1.98. The quantitative estimate of drug-likeness (QED) is 0.232. The predicted octanol–water partition coefficient (Wildman–Crippen LogP) is 2.44. The van der Waals surface area contributed by atoms with Gasteiger partial charge in [0, 0.05) is 12.8 Å². The molecular weight excluding hydrogens is 356 g/mol. The van der Waals surface area contributed by atoms with Crippen LogP contribution in [0.4, 0.5) is 0 Å². The molecule has 3 atom stereocenters. The summed E-state index contributed by atoms with van der Waals surface area (Å²) in [5.41, 5.74) is 0. The van der Waals surface area contributed by atoms with Crippen LogP contribution in [0.2, 0.25) is 0 Å². The standard InChI is InChI=1S/C23H30O5/c1-3-4-8-13-20(24)15-11-7-12-16-21(25)14-9-5-6-10-17-22(26)18-19-23(27)28-2/h4-6,8-9,11,14-15,20-22,24-26H,3,13,16,18-19H2,1-2H3/b6-5+,8-4-,14-9+,15-11+/t20-,21-,22+/m0/s1. The maximum atomic E-state index is 10.9. The Morgan fingerprint density at radius 1 is 1.04 bits per heavy atom. The van der Waals surface area contributed by atoms with E-state index in [9.17, 15) is 20.1 Å². The molecule has 0 fully saturated rings. The number of aliphatic hydroxyl groups excluding tert-OH is 3. The molecule has 5 nitrogen and oxygen atoms in total. The summed E-state index contributed by atoms with van der Waals surface area (Å²) in [6.07, 6.45) is 13.5. The number of carbonyl (C=O) groups excluding carboxylic acids is 1. The molecule has 0 aromatic rings. The van der Waals surface area contributed by atoms with Gasteiger partial charge >= 0.3 is 5.97 Å². The van der Waals surface area contributed by atoms with E-state index in [1.54, 1.807) is 30.4 Å². The maximum Gasteiger partial charge on any atom is 0.305 e. The van der Waals surface area contributed by atoms with Gasteiger partial charge in [0.2, 0.25) is 0 Å². The average molecular weight is 386 g/mol. The summed E-state index contributed by atoms with van der Waals surface area (Å²) in [7, 11) is 1.30. The van der Waals surface area contributed by atoms with E-state index in [4.69, 9.17) is 0 Å². The van der Waals surface area contributed by atoms with E-state index in [1.165, 1.54) is 13.2 Å². The third-order valence-electron chi connectivity index (χ3n) is 3.32. The van der Waals surface area contributed by atoms with E-state index in [0.29, 0.717) is 6.42 Å². The lowest BCUT2D eigenvalue weighted by molar-refractivity contribution is -0.141. The maximum absolute atomic E-state index is 10.9. The molecule has 5 heteroatoms. The Hall–Kier alpha value is -2.57. The molecule has 0 spiro atoms. The van der Waals surface area contributed by atoms with Crippen molar-refractivity contribution in [2.75, 3.05) is 7.11 Å². The van der Waals surface area contributed by atoms with Crippen molar-refractivity contribution in [3.8, 4) is 23.7 Å². The van der Waals surface area contributed by atoms with Crippen LogP contribution in [-0.4, -0.2) is 46.7 Å². The number of allylic oxidation sites excluding steroid dienone is 5. The number of carbonyl (C=O) groups is 1. The van der Waals surface area contributed by atoms with Gasteiger partial charge in [0.05, 0.1) is 19.3 Å². The monoisotopic (exact) mass is 386 g/mol. The van der Waals surface area contributed by atoms with Gasteiger partial charge in [-0.15, -0.1) is 0 Å². The molecule has 0 radical (unpaired) electrons. The van der Waals surface area contributed by atoms with Gasteiger partial charge in [0.25, 0.3) is 0 Å². The van der Waals surface area contributed by atoms with Crippen LogP contribution in [0.3, 0.4) is 0 Å². The van der Waals surface area contributed by atoms with Crippen molar-refractivity contribution < 1.29 is 24.9 Å². The van der Waals surface area contributed by atoms with Gasteiger partial charge in [0.15, 0.2) is 0 Å². The van der Waals surface area contributed by atoms with Crippen molar-refractivity contribution in [2.45, 2.75) is 57.3 Å². The second kappa shape index (κ2) is 17.8. The number of aliphatic hydroxyl groups is 3. The van der Waals surface area contributed by atoms with Crippen LogP contribution in [-0.2, 0) is 9.53 Å². The van der Waals surface area contributed by atoms with Gasteiger partial charge in [-0.1, -0.05) is 61.0 Å². The molecule has 0 amide bonds. The summed E-state index contributed by atoms with van der Waals surface area (Å²) in [6, 6.07) is 0. The fourth-order valence-corrected chi connectivity index (χ4v) is 1.80. The number of hydrogen-bond donors (Lipinski definition) is 3. The normalized spacial score (nSPS) is 14.6. The first-order valence-electron chi connectivity index (χ1n) is 9.25. The molecule has 0 saturated carbocycles. The van der Waals surface area contributed by atoms with Crippen LogP contribution >= 0.6 is 0 Å². The number of hydrogen-bond acceptors (Lipinski definition) is 5. The molecule has 0 aromatic carbocycles. The van der Waals surface area contributed by atoms with E-state index >= 15 is 0 Å². The summed E-state index contributed by atoms with van der Waals surface area (Å²) in [4.78, 5) is 10.9. The summed E-state index contributed by atoms with van der Waals surface area (Å²) in [5.74, 6) is 10.4. The van der Waals surface area contributed by atoms with Crippen LogP contribution in [0.1, 0.15) is 39.0 Å². The molecule has 0 saturated heterocycles. The van der Waals surface area contributed by atoms with Crippen LogP contribution in [0, 0.1) is 23.7 Å². The molecule has 0 bridgehead atoms. The fraction of sp³-hybridized carbons (Fsp3) is 0.435. The molecule has 0 rings (SSSR count). The SMILES string of the molecule is CC/C=C\C[C@H](O)/C=C/C#CC[C@@H](O)/C=C/C=C/C#C[C@@H](O)CCC(=O)OC. The lowest BCUT2D eigenvalue weighted by Gasteiger charge is -2.00. The molecule has 0 aliphatic rings. The molecule has 0 aliphatic heterocycles. The van der Waals surface area contributed by atoms with Gasteiger partial charge < -0.3 is 20.1 Å². The van der Waals surface area contributed by atoms with Crippen LogP contribution in [0.15, 0.2) is 48.6 Å². The van der Waals surface area contributed by atoms with Gasteiger partial charge in [-0.2, -0.15) is 0 Å². The molecule has 152 valence electrons. The molecule has 3 N–H and O–H groups in total. The number of methoxy groups -OCH3 is 1. The topological polar surface area (TPSA) is 87.0 Å². The van der Waals surface area contributed by atoms with E-state index in [0.717, 1.165) is 6.42 Å². The average Bonchev–Trinajstić information content (AvgIpc) is 2.68. The third kappa shape index (κ3) is 16.9. The van der Waals surface area contributed by atoms with Gasteiger partial charge in [0.1, 0.15) is 6.10 Å². The Morgan fingerprint density at radius 2 is 1.82 bits per heavy atom. The smallest absolute Gasteiger partial charge is 0.305 e. The van der Waals surface area contributed by atoms with Crippen LogP contribution in [0.5, 0.6) is 0 Å². The number of esters is 1. The van der Waals surface area contributed by atoms with Gasteiger partial charge in [-0.3, -0.25) is 4.79 Å². The molecule has 28 heavy (non-hydrogen) atoms. The highest BCUT2D eigenvalue weighted by Gasteiger charge is 2.04. The van der Waals surface area contributed by atoms with Crippen molar-refractivity contribution in [3.63, 3.8) is 0 Å². The van der Waals surface area contributed by atoms with E-state index in [-0.39, 0.29) is 25.2 Å². The fourth-order valence-electron chi connectivity index (χ4n) is 1.80. The van der Waals surface area contributed by atoms with Crippen molar-refractivity contribution in [1.82, 2.24) is 0 Å². The molecule has 0 aliphatic carbocycles. The largest absolute Gasteiger partial charge is 0.469 e. The van der Waals surface area contributed by atoms with E-state index in [2.05, 4.69) is 28.4 Å². The van der Waals surface area contributed by atoms with Crippen molar-refractivity contribution >= 4 is 5.97 Å². The first-order chi connectivity index (χ1) is 13.5. The molecule has 0 unspecified atom stereocenters. The lowest BCUT2D eigenvalue weighted by Crippen LogP contribution is -2.08. The Labute approximate surface area is 168 Å². The zero-order chi connectivity index (χ0) is 21.0. The minimum absolute atomic E-state index is 0.118. The predicted molar refractivity (Wildman–Crippen MR) is 111 cm³/mol. The van der Waals surface area contributed by atoms with Crippen molar-refractivity contribution in [3.05, 3.63) is 48.6 Å². The van der Waals surface area contributed by atoms with E-state index < -0.39 is 18.3 Å². The van der Waals surface area contributed by atoms with Crippen LogP contribution in [0.25, 0.3) is 0 Å². The van der Waals surface area contributed by atoms with Crippen molar-refractivity contribution in [1.29, 1.82) is 0 Å². The van der Waals surface area contributed by atoms with Crippen molar-refractivity contribution in [2.24, 2.45) is 0 Å². The summed E-state index contributed by atoms with van der Waals surface area (Å²) in [5, 5.41) is 29.0. The molecule has 0 aromatic heterocycles. The zero-order valence-corrected chi connectivity index (χ0v) is 16.5. The second-order valence-electron chi connectivity index (χ2n) is 5.80. The first-order valence-corrected chi connectivity index (χ1v) is 9.25. The van der Waals surface area contributed by atoms with Gasteiger partial charge in [-0.25, -0.2) is 0 Å². The van der Waals surface area contributed by atoms with E-state index in [1.807, 2.05) is 19.1 Å². The summed E-state index contributed by atoms with van der Waals surface area (Å²) < 4.78 is 4.48. The number of ether oxygens (including phenoxy) is 1.